The predicted octanol–water partition coefficient (Wildman–Crippen LogP) is 3.19. The van der Waals surface area contributed by atoms with Crippen molar-refractivity contribution in [3.05, 3.63) is 0 Å². The molecule has 2 saturated carbocycles. The molecular formula is C14H22F4O2. The van der Waals surface area contributed by atoms with Crippen LogP contribution in [0.2, 0.25) is 0 Å². The van der Waals surface area contributed by atoms with E-state index in [0.717, 1.165) is 0 Å². The molecule has 8 atom stereocenters. The van der Waals surface area contributed by atoms with Crippen molar-refractivity contribution in [2.45, 2.75) is 62.6 Å². The highest BCUT2D eigenvalue weighted by atomic mass is 19.2. The average Bonchev–Trinajstić information content (AvgIpc) is 2.45. The minimum Gasteiger partial charge on any atom is -0.378 e. The van der Waals surface area contributed by atoms with Gasteiger partial charge in [-0.25, -0.2) is 17.6 Å². The standard InChI is InChI=1S/C14H22F4O2/c1-19-9-5-3-7(11(15)13(9)17)8-4-6-10(20-2)14(18)12(8)16/h7-14H,3-6H2,1-2H3. The number of halogens is 4. The molecule has 6 heteroatoms. The summed E-state index contributed by atoms with van der Waals surface area (Å²) in [6, 6.07) is 0. The van der Waals surface area contributed by atoms with Crippen LogP contribution in [0.15, 0.2) is 0 Å². The number of rotatable bonds is 3. The van der Waals surface area contributed by atoms with Gasteiger partial charge in [0.05, 0.1) is 12.2 Å². The third kappa shape index (κ3) is 2.82. The molecule has 0 aliphatic heterocycles. The molecule has 2 aliphatic rings. The van der Waals surface area contributed by atoms with E-state index in [1.807, 2.05) is 0 Å². The second kappa shape index (κ2) is 6.60. The summed E-state index contributed by atoms with van der Waals surface area (Å²) in [6.45, 7) is 0. The lowest BCUT2D eigenvalue weighted by atomic mass is 9.69. The molecule has 2 rings (SSSR count). The summed E-state index contributed by atoms with van der Waals surface area (Å²) in [6.07, 6.45) is -7.32. The Morgan fingerprint density at radius 2 is 0.950 bits per heavy atom. The average molecular weight is 298 g/mol. The first-order chi connectivity index (χ1) is 9.51. The van der Waals surface area contributed by atoms with Crippen molar-refractivity contribution in [2.75, 3.05) is 14.2 Å². The van der Waals surface area contributed by atoms with E-state index in [2.05, 4.69) is 0 Å². The van der Waals surface area contributed by atoms with E-state index < -0.39 is 48.7 Å². The maximum absolute atomic E-state index is 14.2. The number of alkyl halides is 4. The molecule has 0 bridgehead atoms. The Bertz CT molecular complexity index is 288. The summed E-state index contributed by atoms with van der Waals surface area (Å²) < 4.78 is 65.9. The zero-order chi connectivity index (χ0) is 14.9. The molecule has 0 amide bonds. The van der Waals surface area contributed by atoms with Crippen LogP contribution in [0.1, 0.15) is 25.7 Å². The fraction of sp³-hybridized carbons (Fsp3) is 1.00. The highest BCUT2D eigenvalue weighted by Crippen LogP contribution is 2.43. The molecule has 2 nitrogen and oxygen atoms in total. The Balaban J connectivity index is 2.05. The summed E-state index contributed by atoms with van der Waals surface area (Å²) in [5.74, 6) is -1.55. The van der Waals surface area contributed by atoms with Crippen LogP contribution in [0, 0.1) is 11.8 Å². The van der Waals surface area contributed by atoms with E-state index >= 15 is 0 Å². The number of ether oxygens (including phenoxy) is 2. The predicted molar refractivity (Wildman–Crippen MR) is 66.6 cm³/mol. The molecule has 0 spiro atoms. The first kappa shape index (κ1) is 16.0. The lowest BCUT2D eigenvalue weighted by Crippen LogP contribution is -2.51. The topological polar surface area (TPSA) is 18.5 Å². The van der Waals surface area contributed by atoms with Crippen LogP contribution in [0.3, 0.4) is 0 Å². The second-order valence-corrected chi connectivity index (χ2v) is 5.81. The van der Waals surface area contributed by atoms with E-state index in [9.17, 15) is 17.6 Å². The third-order valence-corrected chi connectivity index (χ3v) is 4.86. The molecule has 0 heterocycles. The highest BCUT2D eigenvalue weighted by molar-refractivity contribution is 4.98. The molecule has 0 N–H and O–H groups in total. The maximum Gasteiger partial charge on any atom is 0.157 e. The van der Waals surface area contributed by atoms with E-state index in [4.69, 9.17) is 9.47 Å². The molecule has 0 aromatic rings. The monoisotopic (exact) mass is 298 g/mol. The van der Waals surface area contributed by atoms with Gasteiger partial charge in [-0.2, -0.15) is 0 Å². The Labute approximate surface area is 116 Å². The molecule has 0 saturated heterocycles. The largest absolute Gasteiger partial charge is 0.378 e. The molecule has 118 valence electrons. The highest BCUT2D eigenvalue weighted by Gasteiger charge is 2.50. The fourth-order valence-electron chi connectivity index (χ4n) is 3.63. The Kier molecular flexibility index (Phi) is 5.29. The van der Waals surface area contributed by atoms with Crippen LogP contribution < -0.4 is 0 Å². The summed E-state index contributed by atoms with van der Waals surface area (Å²) in [5.41, 5.74) is 0. The van der Waals surface area contributed by atoms with Crippen LogP contribution in [0.25, 0.3) is 0 Å². The zero-order valence-corrected chi connectivity index (χ0v) is 11.8. The van der Waals surface area contributed by atoms with Crippen molar-refractivity contribution in [1.82, 2.24) is 0 Å². The van der Waals surface area contributed by atoms with Crippen molar-refractivity contribution >= 4 is 0 Å². The second-order valence-electron chi connectivity index (χ2n) is 5.81. The van der Waals surface area contributed by atoms with Crippen LogP contribution in [-0.2, 0) is 9.47 Å². The molecular weight excluding hydrogens is 276 g/mol. The van der Waals surface area contributed by atoms with Crippen molar-refractivity contribution in [3.63, 3.8) is 0 Å². The lowest BCUT2D eigenvalue weighted by Gasteiger charge is -2.43. The molecule has 8 unspecified atom stereocenters. The molecule has 0 aromatic carbocycles. The maximum atomic E-state index is 14.2. The van der Waals surface area contributed by atoms with Gasteiger partial charge in [0.25, 0.3) is 0 Å². The van der Waals surface area contributed by atoms with Gasteiger partial charge in [-0.15, -0.1) is 0 Å². The summed E-state index contributed by atoms with van der Waals surface area (Å²) >= 11 is 0. The molecule has 0 aromatic heterocycles. The minimum atomic E-state index is -1.79. The minimum absolute atomic E-state index is 0.329. The van der Waals surface area contributed by atoms with E-state index in [1.54, 1.807) is 0 Å². The first-order valence-corrected chi connectivity index (χ1v) is 7.13. The van der Waals surface area contributed by atoms with Crippen LogP contribution in [0.5, 0.6) is 0 Å². The Morgan fingerprint density at radius 3 is 1.25 bits per heavy atom. The summed E-state index contributed by atoms with van der Waals surface area (Å²) in [5, 5.41) is 0. The molecule has 20 heavy (non-hydrogen) atoms. The van der Waals surface area contributed by atoms with Gasteiger partial charge in [0.15, 0.2) is 12.3 Å². The van der Waals surface area contributed by atoms with Gasteiger partial charge in [0.1, 0.15) is 12.3 Å². The van der Waals surface area contributed by atoms with Gasteiger partial charge in [-0.05, 0) is 37.5 Å². The third-order valence-electron chi connectivity index (χ3n) is 4.86. The van der Waals surface area contributed by atoms with Gasteiger partial charge >= 0.3 is 0 Å². The Morgan fingerprint density at radius 1 is 0.600 bits per heavy atom. The van der Waals surface area contributed by atoms with Crippen molar-refractivity contribution in [2.24, 2.45) is 11.8 Å². The quantitative estimate of drug-likeness (QED) is 0.745. The lowest BCUT2D eigenvalue weighted by molar-refractivity contribution is -0.110. The number of hydrogen-bond acceptors (Lipinski definition) is 2. The Hall–Kier alpha value is -0.360. The number of methoxy groups -OCH3 is 2. The molecule has 2 fully saturated rings. The first-order valence-electron chi connectivity index (χ1n) is 7.13. The van der Waals surface area contributed by atoms with E-state index in [1.165, 1.54) is 14.2 Å². The van der Waals surface area contributed by atoms with E-state index in [0.29, 0.717) is 25.7 Å². The van der Waals surface area contributed by atoms with Crippen LogP contribution in [-0.4, -0.2) is 51.1 Å². The van der Waals surface area contributed by atoms with Gasteiger partial charge in [-0.1, -0.05) is 0 Å². The van der Waals surface area contributed by atoms with Gasteiger partial charge in [-0.3, -0.25) is 0 Å². The van der Waals surface area contributed by atoms with Crippen molar-refractivity contribution in [1.29, 1.82) is 0 Å². The molecule has 0 radical (unpaired) electrons. The van der Waals surface area contributed by atoms with Crippen LogP contribution >= 0.6 is 0 Å². The zero-order valence-electron chi connectivity index (χ0n) is 11.8. The smallest absolute Gasteiger partial charge is 0.157 e. The summed E-state index contributed by atoms with van der Waals surface area (Å²) in [4.78, 5) is 0. The van der Waals surface area contributed by atoms with Gasteiger partial charge in [0, 0.05) is 14.2 Å². The molecule has 2 aliphatic carbocycles. The van der Waals surface area contributed by atoms with Crippen LogP contribution in [0.4, 0.5) is 17.6 Å². The van der Waals surface area contributed by atoms with Gasteiger partial charge in [0.2, 0.25) is 0 Å². The SMILES string of the molecule is COC1CCC(C2CCC(OC)C(F)C2F)C(F)C1F. The summed E-state index contributed by atoms with van der Waals surface area (Å²) in [7, 11) is 2.67. The normalized spacial score (nSPS) is 50.1. The van der Waals surface area contributed by atoms with Gasteiger partial charge < -0.3 is 9.47 Å². The fourth-order valence-corrected chi connectivity index (χ4v) is 3.63. The number of hydrogen-bond donors (Lipinski definition) is 0. The van der Waals surface area contributed by atoms with Crippen molar-refractivity contribution < 1.29 is 27.0 Å². The van der Waals surface area contributed by atoms with E-state index in [-0.39, 0.29) is 0 Å². The van der Waals surface area contributed by atoms with Crippen molar-refractivity contribution in [3.8, 4) is 0 Å².